The van der Waals surface area contributed by atoms with Crippen molar-refractivity contribution < 1.29 is 18.7 Å². The average Bonchev–Trinajstić information content (AvgIpc) is 2.93. The molecule has 21 heavy (non-hydrogen) atoms. The first kappa shape index (κ1) is 14.5. The molecule has 1 aromatic carbocycles. The van der Waals surface area contributed by atoms with Gasteiger partial charge in [-0.25, -0.2) is 4.39 Å². The van der Waals surface area contributed by atoms with Crippen LogP contribution in [0.4, 0.5) is 4.39 Å². The summed E-state index contributed by atoms with van der Waals surface area (Å²) in [7, 11) is 1.63. The number of hydrogen-bond acceptors (Lipinski definition) is 3. The van der Waals surface area contributed by atoms with Crippen LogP contribution in [0.3, 0.4) is 0 Å². The maximum Gasteiger partial charge on any atom is 0.170 e. The summed E-state index contributed by atoms with van der Waals surface area (Å²) in [6.07, 6.45) is 2.72. The van der Waals surface area contributed by atoms with E-state index in [4.69, 9.17) is 9.15 Å². The maximum atomic E-state index is 13.7. The number of para-hydroxylation sites is 1. The van der Waals surface area contributed by atoms with Crippen LogP contribution in [0.25, 0.3) is 11.0 Å². The summed E-state index contributed by atoms with van der Waals surface area (Å²) >= 11 is 0. The molecule has 2 aromatic rings. The lowest BCUT2D eigenvalue weighted by Gasteiger charge is -2.40. The summed E-state index contributed by atoms with van der Waals surface area (Å²) < 4.78 is 25.0. The van der Waals surface area contributed by atoms with Crippen LogP contribution in [0, 0.1) is 11.7 Å². The van der Waals surface area contributed by atoms with Crippen LogP contribution in [0.2, 0.25) is 0 Å². The lowest BCUT2D eigenvalue weighted by molar-refractivity contribution is -0.136. The molecule has 0 spiro atoms. The number of fused-ring (bicyclic) bond motifs is 1. The minimum Gasteiger partial charge on any atom is -0.455 e. The zero-order valence-corrected chi connectivity index (χ0v) is 12.4. The Hall–Kier alpha value is -1.39. The molecule has 1 aliphatic carbocycles. The fourth-order valence-corrected chi connectivity index (χ4v) is 3.28. The van der Waals surface area contributed by atoms with Crippen LogP contribution in [0.15, 0.2) is 28.7 Å². The SMILES string of the molecule is COC1(C(O)c2cc3cccc(F)c3o2)CCC(C)CC1. The number of aliphatic hydroxyl groups is 1. The monoisotopic (exact) mass is 292 g/mol. The van der Waals surface area contributed by atoms with Gasteiger partial charge in [-0.1, -0.05) is 19.1 Å². The van der Waals surface area contributed by atoms with Crippen molar-refractivity contribution in [2.24, 2.45) is 5.92 Å². The molecule has 3 nitrogen and oxygen atoms in total. The van der Waals surface area contributed by atoms with Crippen LogP contribution in [0.1, 0.15) is 44.5 Å². The van der Waals surface area contributed by atoms with Crippen LogP contribution in [-0.4, -0.2) is 17.8 Å². The molecule has 1 fully saturated rings. The molecule has 1 unspecified atom stereocenters. The molecule has 1 atom stereocenters. The van der Waals surface area contributed by atoms with Crippen molar-refractivity contribution >= 4 is 11.0 Å². The number of benzene rings is 1. The minimum absolute atomic E-state index is 0.196. The first-order valence-corrected chi connectivity index (χ1v) is 7.47. The largest absolute Gasteiger partial charge is 0.455 e. The van der Waals surface area contributed by atoms with Gasteiger partial charge in [0.1, 0.15) is 17.5 Å². The summed E-state index contributed by atoms with van der Waals surface area (Å²) in [5, 5.41) is 11.4. The third kappa shape index (κ3) is 2.47. The van der Waals surface area contributed by atoms with E-state index < -0.39 is 17.5 Å². The maximum absolute atomic E-state index is 13.7. The summed E-state index contributed by atoms with van der Waals surface area (Å²) in [6, 6.07) is 6.48. The third-order valence-electron chi connectivity index (χ3n) is 4.81. The molecule has 0 amide bonds. The zero-order chi connectivity index (χ0) is 15.0. The molecule has 0 bridgehead atoms. The highest BCUT2D eigenvalue weighted by atomic mass is 19.1. The second kappa shape index (κ2) is 5.43. The van der Waals surface area contributed by atoms with Gasteiger partial charge >= 0.3 is 0 Å². The Bertz CT molecular complexity index is 626. The molecule has 0 radical (unpaired) electrons. The summed E-state index contributed by atoms with van der Waals surface area (Å²) in [5.41, 5.74) is -0.432. The van der Waals surface area contributed by atoms with Gasteiger partial charge in [-0.3, -0.25) is 0 Å². The van der Waals surface area contributed by atoms with Gasteiger partial charge in [0.2, 0.25) is 0 Å². The van der Waals surface area contributed by atoms with Crippen molar-refractivity contribution in [3.8, 4) is 0 Å². The summed E-state index contributed by atoms with van der Waals surface area (Å²) in [5.74, 6) is 0.620. The van der Waals surface area contributed by atoms with Gasteiger partial charge < -0.3 is 14.3 Å². The average molecular weight is 292 g/mol. The van der Waals surface area contributed by atoms with Crippen molar-refractivity contribution in [1.82, 2.24) is 0 Å². The molecular weight excluding hydrogens is 271 g/mol. The molecule has 1 aromatic heterocycles. The first-order valence-electron chi connectivity index (χ1n) is 7.47. The number of rotatable bonds is 3. The van der Waals surface area contributed by atoms with Crippen LogP contribution in [0.5, 0.6) is 0 Å². The van der Waals surface area contributed by atoms with E-state index in [1.807, 2.05) is 0 Å². The first-order chi connectivity index (χ1) is 10.1. The molecule has 1 N–H and O–H groups in total. The van der Waals surface area contributed by atoms with E-state index in [-0.39, 0.29) is 5.58 Å². The number of methoxy groups -OCH3 is 1. The molecule has 3 rings (SSSR count). The predicted molar refractivity (Wildman–Crippen MR) is 78.5 cm³/mol. The molecule has 1 saturated carbocycles. The van der Waals surface area contributed by atoms with Gasteiger partial charge in [-0.15, -0.1) is 0 Å². The number of ether oxygens (including phenoxy) is 1. The molecule has 4 heteroatoms. The van der Waals surface area contributed by atoms with Crippen molar-refractivity contribution in [2.75, 3.05) is 7.11 Å². The second-order valence-electron chi connectivity index (χ2n) is 6.16. The number of furan rings is 1. The van der Waals surface area contributed by atoms with Gasteiger partial charge in [-0.05, 0) is 43.7 Å². The van der Waals surface area contributed by atoms with E-state index in [9.17, 15) is 9.50 Å². The molecule has 0 aliphatic heterocycles. The van der Waals surface area contributed by atoms with E-state index in [1.54, 1.807) is 25.3 Å². The standard InChI is InChI=1S/C17H21FO3/c1-11-6-8-17(20-2,9-7-11)16(19)14-10-12-4-3-5-13(18)15(12)21-14/h3-5,10-11,16,19H,6-9H2,1-2H3. The summed E-state index contributed by atoms with van der Waals surface area (Å²) in [4.78, 5) is 0. The highest BCUT2D eigenvalue weighted by Crippen LogP contribution is 2.43. The Morgan fingerprint density at radius 3 is 2.71 bits per heavy atom. The lowest BCUT2D eigenvalue weighted by Crippen LogP contribution is -2.41. The van der Waals surface area contributed by atoms with Gasteiger partial charge in [0.25, 0.3) is 0 Å². The fourth-order valence-electron chi connectivity index (χ4n) is 3.28. The number of aliphatic hydroxyl groups excluding tert-OH is 1. The molecular formula is C17H21FO3. The van der Waals surface area contributed by atoms with E-state index in [1.165, 1.54) is 6.07 Å². The molecule has 0 saturated heterocycles. The van der Waals surface area contributed by atoms with E-state index in [0.29, 0.717) is 17.1 Å². The molecule has 1 heterocycles. The van der Waals surface area contributed by atoms with Crippen molar-refractivity contribution in [3.63, 3.8) is 0 Å². The van der Waals surface area contributed by atoms with Crippen LogP contribution in [-0.2, 0) is 4.74 Å². The van der Waals surface area contributed by atoms with Crippen LogP contribution >= 0.6 is 0 Å². The third-order valence-corrected chi connectivity index (χ3v) is 4.81. The van der Waals surface area contributed by atoms with Crippen molar-refractivity contribution in [3.05, 3.63) is 35.8 Å². The highest BCUT2D eigenvalue weighted by molar-refractivity contribution is 5.78. The quantitative estimate of drug-likeness (QED) is 0.922. The zero-order valence-electron chi connectivity index (χ0n) is 12.4. The number of hydrogen-bond donors (Lipinski definition) is 1. The Labute approximate surface area is 123 Å². The topological polar surface area (TPSA) is 42.6 Å². The van der Waals surface area contributed by atoms with E-state index in [2.05, 4.69) is 6.92 Å². The van der Waals surface area contributed by atoms with Gasteiger partial charge in [0.15, 0.2) is 11.4 Å². The normalized spacial score (nSPS) is 27.9. The Morgan fingerprint density at radius 2 is 2.10 bits per heavy atom. The predicted octanol–water partition coefficient (Wildman–Crippen LogP) is 4.20. The fraction of sp³-hybridized carbons (Fsp3) is 0.529. The number of halogens is 1. The van der Waals surface area contributed by atoms with Crippen molar-refractivity contribution in [1.29, 1.82) is 0 Å². The Kier molecular flexibility index (Phi) is 3.76. The van der Waals surface area contributed by atoms with Gasteiger partial charge in [0.05, 0.1) is 0 Å². The Morgan fingerprint density at radius 1 is 1.38 bits per heavy atom. The molecule has 114 valence electrons. The summed E-state index contributed by atoms with van der Waals surface area (Å²) in [6.45, 7) is 2.21. The van der Waals surface area contributed by atoms with Crippen LogP contribution < -0.4 is 0 Å². The molecule has 1 aliphatic rings. The van der Waals surface area contributed by atoms with E-state index in [0.717, 1.165) is 25.7 Å². The highest BCUT2D eigenvalue weighted by Gasteiger charge is 2.43. The van der Waals surface area contributed by atoms with Gasteiger partial charge in [-0.2, -0.15) is 0 Å². The second-order valence-corrected chi connectivity index (χ2v) is 6.16. The van der Waals surface area contributed by atoms with Gasteiger partial charge in [0, 0.05) is 12.5 Å². The van der Waals surface area contributed by atoms with E-state index >= 15 is 0 Å². The minimum atomic E-state index is -0.873. The lowest BCUT2D eigenvalue weighted by atomic mass is 9.75. The smallest absolute Gasteiger partial charge is 0.170 e. The Balaban J connectivity index is 1.95. The van der Waals surface area contributed by atoms with Crippen molar-refractivity contribution in [2.45, 2.75) is 44.3 Å².